The molecule has 0 spiro atoms. The van der Waals surface area contributed by atoms with Gasteiger partial charge in [0.25, 0.3) is 11.8 Å². The number of hydrogen-bond acceptors (Lipinski definition) is 6. The van der Waals surface area contributed by atoms with E-state index in [4.69, 9.17) is 4.74 Å². The minimum absolute atomic E-state index is 0.0208. The quantitative estimate of drug-likeness (QED) is 0.678. The van der Waals surface area contributed by atoms with Crippen LogP contribution in [0.3, 0.4) is 0 Å². The lowest BCUT2D eigenvalue weighted by molar-refractivity contribution is 0.0934. The number of benzene rings is 1. The predicted molar refractivity (Wildman–Crippen MR) is 96.5 cm³/mol. The number of nitrogens with one attached hydrogen (secondary N) is 2. The molecule has 0 saturated heterocycles. The highest BCUT2D eigenvalue weighted by Gasteiger charge is 2.18. The number of hydrogen-bond donors (Lipinski definition) is 3. The van der Waals surface area contributed by atoms with Crippen molar-refractivity contribution in [2.45, 2.75) is 20.8 Å². The summed E-state index contributed by atoms with van der Waals surface area (Å²) in [6.45, 7) is 5.83. The minimum atomic E-state index is -0.484. The van der Waals surface area contributed by atoms with Gasteiger partial charge in [0.15, 0.2) is 0 Å². The number of carbonyl (C=O) groups is 2. The summed E-state index contributed by atoms with van der Waals surface area (Å²) in [6.07, 6.45) is 1.62. The Hall–Kier alpha value is -3.00. The highest BCUT2D eigenvalue weighted by atomic mass is 16.5. The summed E-state index contributed by atoms with van der Waals surface area (Å²) in [7, 11) is 1.52. The number of phenolic OH excluding ortho intramolecular Hbond substituents is 1. The maximum absolute atomic E-state index is 12.6. The van der Waals surface area contributed by atoms with Crippen molar-refractivity contribution in [3.05, 3.63) is 46.4 Å². The molecular formula is C18H22N4O4. The van der Waals surface area contributed by atoms with Gasteiger partial charge in [-0.05, 0) is 38.5 Å². The summed E-state index contributed by atoms with van der Waals surface area (Å²) in [5, 5.41) is 15.4. The molecule has 0 aliphatic rings. The fourth-order valence-corrected chi connectivity index (χ4v) is 2.31. The van der Waals surface area contributed by atoms with Gasteiger partial charge in [-0.1, -0.05) is 0 Å². The molecule has 1 aromatic carbocycles. The van der Waals surface area contributed by atoms with Crippen LogP contribution in [0.4, 0.5) is 5.82 Å². The van der Waals surface area contributed by atoms with E-state index < -0.39 is 11.8 Å². The maximum Gasteiger partial charge on any atom is 0.257 e. The third-order valence-electron chi connectivity index (χ3n) is 3.75. The Balaban J connectivity index is 2.28. The second-order valence-electron chi connectivity index (χ2n) is 5.84. The van der Waals surface area contributed by atoms with Crippen LogP contribution in [0.25, 0.3) is 0 Å². The first kappa shape index (κ1) is 19.3. The average molecular weight is 358 g/mol. The molecule has 0 fully saturated rings. The summed E-state index contributed by atoms with van der Waals surface area (Å²) in [4.78, 5) is 33.1. The second-order valence-corrected chi connectivity index (χ2v) is 5.84. The standard InChI is InChI=1S/C18H22N4O4/c1-10-7-15(23)14(17(24)19-5-6-26-4)8-13(10)18(25)22-16-11(2)9-20-12(3)21-16/h7-9,23H,5-6H2,1-4H3,(H,19,24)(H,20,21,22,25). The summed E-state index contributed by atoms with van der Waals surface area (Å²) in [6, 6.07) is 2.75. The Morgan fingerprint density at radius 2 is 1.85 bits per heavy atom. The average Bonchev–Trinajstić information content (AvgIpc) is 2.58. The number of methoxy groups -OCH3 is 1. The highest BCUT2D eigenvalue weighted by molar-refractivity contribution is 6.07. The van der Waals surface area contributed by atoms with Crippen LogP contribution in [0.1, 0.15) is 37.7 Å². The lowest BCUT2D eigenvalue weighted by Gasteiger charge is -2.12. The van der Waals surface area contributed by atoms with E-state index in [0.717, 1.165) is 5.56 Å². The zero-order chi connectivity index (χ0) is 19.3. The van der Waals surface area contributed by atoms with Gasteiger partial charge in [-0.2, -0.15) is 0 Å². The number of anilines is 1. The van der Waals surface area contributed by atoms with Gasteiger partial charge in [0.2, 0.25) is 0 Å². The van der Waals surface area contributed by atoms with Gasteiger partial charge < -0.3 is 20.5 Å². The van der Waals surface area contributed by atoms with E-state index in [2.05, 4.69) is 20.6 Å². The van der Waals surface area contributed by atoms with E-state index in [0.29, 0.717) is 30.4 Å². The van der Waals surface area contributed by atoms with Crippen molar-refractivity contribution >= 4 is 17.6 Å². The number of aromatic hydroxyl groups is 1. The lowest BCUT2D eigenvalue weighted by atomic mass is 10.0. The molecule has 1 aromatic heterocycles. The molecule has 0 bridgehead atoms. The van der Waals surface area contributed by atoms with Crippen LogP contribution in [-0.4, -0.2) is 47.2 Å². The van der Waals surface area contributed by atoms with Crippen molar-refractivity contribution in [1.29, 1.82) is 0 Å². The van der Waals surface area contributed by atoms with Crippen LogP contribution in [0.15, 0.2) is 18.3 Å². The number of phenols is 1. The van der Waals surface area contributed by atoms with Gasteiger partial charge in [0, 0.05) is 31.0 Å². The van der Waals surface area contributed by atoms with Crippen molar-refractivity contribution in [2.24, 2.45) is 0 Å². The third kappa shape index (κ3) is 4.54. The zero-order valence-corrected chi connectivity index (χ0v) is 15.2. The molecule has 0 saturated carbocycles. The number of aromatic nitrogens is 2. The first-order chi connectivity index (χ1) is 12.3. The molecule has 0 aliphatic heterocycles. The number of ether oxygens (including phenoxy) is 1. The fourth-order valence-electron chi connectivity index (χ4n) is 2.31. The molecule has 8 heteroatoms. The fraction of sp³-hybridized carbons (Fsp3) is 0.333. The molecule has 8 nitrogen and oxygen atoms in total. The second kappa shape index (κ2) is 8.39. The van der Waals surface area contributed by atoms with Gasteiger partial charge in [0.1, 0.15) is 17.4 Å². The zero-order valence-electron chi connectivity index (χ0n) is 15.2. The molecule has 0 radical (unpaired) electrons. The van der Waals surface area contributed by atoms with E-state index >= 15 is 0 Å². The van der Waals surface area contributed by atoms with Crippen LogP contribution in [0.2, 0.25) is 0 Å². The van der Waals surface area contributed by atoms with Crippen molar-refractivity contribution in [3.63, 3.8) is 0 Å². The lowest BCUT2D eigenvalue weighted by Crippen LogP contribution is -2.27. The van der Waals surface area contributed by atoms with E-state index in [1.54, 1.807) is 27.0 Å². The number of aryl methyl sites for hydroxylation is 3. The maximum atomic E-state index is 12.6. The van der Waals surface area contributed by atoms with E-state index in [-0.39, 0.29) is 16.9 Å². The van der Waals surface area contributed by atoms with Gasteiger partial charge in [-0.3, -0.25) is 9.59 Å². The Morgan fingerprint density at radius 1 is 1.12 bits per heavy atom. The van der Waals surface area contributed by atoms with Crippen molar-refractivity contribution < 1.29 is 19.4 Å². The predicted octanol–water partition coefficient (Wildman–Crippen LogP) is 1.74. The summed E-state index contributed by atoms with van der Waals surface area (Å²) in [5.74, 6) is -0.159. The first-order valence-electron chi connectivity index (χ1n) is 8.05. The number of nitrogens with zero attached hydrogens (tertiary/aromatic N) is 2. The normalized spacial score (nSPS) is 10.5. The summed E-state index contributed by atoms with van der Waals surface area (Å²) < 4.78 is 4.87. The molecule has 138 valence electrons. The Kier molecular flexibility index (Phi) is 6.24. The number of carbonyl (C=O) groups excluding carboxylic acids is 2. The van der Waals surface area contributed by atoms with Gasteiger partial charge in [-0.15, -0.1) is 0 Å². The van der Waals surface area contributed by atoms with Gasteiger partial charge in [0.05, 0.1) is 12.2 Å². The molecule has 26 heavy (non-hydrogen) atoms. The molecule has 1 heterocycles. The van der Waals surface area contributed by atoms with Crippen molar-refractivity contribution in [1.82, 2.24) is 15.3 Å². The van der Waals surface area contributed by atoms with Crippen molar-refractivity contribution in [2.75, 3.05) is 25.6 Å². The molecule has 2 amide bonds. The van der Waals surface area contributed by atoms with Gasteiger partial charge in [-0.25, -0.2) is 9.97 Å². The Labute approximate surface area is 151 Å². The monoisotopic (exact) mass is 358 g/mol. The topological polar surface area (TPSA) is 113 Å². The molecule has 0 aliphatic carbocycles. The molecule has 0 unspecified atom stereocenters. The highest BCUT2D eigenvalue weighted by Crippen LogP contribution is 2.23. The Bertz CT molecular complexity index is 836. The van der Waals surface area contributed by atoms with Gasteiger partial charge >= 0.3 is 0 Å². The largest absolute Gasteiger partial charge is 0.507 e. The molecule has 2 aromatic rings. The van der Waals surface area contributed by atoms with Crippen molar-refractivity contribution in [3.8, 4) is 5.75 Å². The van der Waals surface area contributed by atoms with Crippen LogP contribution < -0.4 is 10.6 Å². The molecular weight excluding hydrogens is 336 g/mol. The number of amides is 2. The van der Waals surface area contributed by atoms with Crippen LogP contribution in [0, 0.1) is 20.8 Å². The van der Waals surface area contributed by atoms with Crippen LogP contribution in [0.5, 0.6) is 5.75 Å². The SMILES string of the molecule is COCCNC(=O)c1cc(C(=O)Nc2nc(C)ncc2C)c(C)cc1O. The van der Waals surface area contributed by atoms with Crippen LogP contribution >= 0.6 is 0 Å². The summed E-state index contributed by atoms with van der Waals surface area (Å²) >= 11 is 0. The Morgan fingerprint density at radius 3 is 2.54 bits per heavy atom. The van der Waals surface area contributed by atoms with E-state index in [1.807, 2.05) is 0 Å². The third-order valence-corrected chi connectivity index (χ3v) is 3.75. The van der Waals surface area contributed by atoms with E-state index in [1.165, 1.54) is 19.2 Å². The smallest absolute Gasteiger partial charge is 0.257 e. The molecule has 0 atom stereocenters. The van der Waals surface area contributed by atoms with Crippen LogP contribution in [-0.2, 0) is 4.74 Å². The molecule has 3 N–H and O–H groups in total. The minimum Gasteiger partial charge on any atom is -0.507 e. The summed E-state index contributed by atoms with van der Waals surface area (Å²) in [5.41, 5.74) is 1.55. The number of rotatable bonds is 6. The van der Waals surface area contributed by atoms with E-state index in [9.17, 15) is 14.7 Å². The molecule has 2 rings (SSSR count). The first-order valence-corrected chi connectivity index (χ1v) is 8.05.